The Hall–Kier alpha value is -1.81. The minimum absolute atomic E-state index is 0.341. The third kappa shape index (κ3) is 5.89. The van der Waals surface area contributed by atoms with Crippen LogP contribution in [0.15, 0.2) is 24.3 Å². The van der Waals surface area contributed by atoms with E-state index in [0.717, 1.165) is 5.56 Å². The zero-order chi connectivity index (χ0) is 15.2. The van der Waals surface area contributed by atoms with Crippen molar-refractivity contribution >= 4 is 30.1 Å². The number of hydrogen-bond donors (Lipinski definition) is 1. The van der Waals surface area contributed by atoms with Crippen LogP contribution in [0.3, 0.4) is 0 Å². The molecule has 0 saturated carbocycles. The van der Waals surface area contributed by atoms with Gasteiger partial charge in [0.15, 0.2) is 6.29 Å². The van der Waals surface area contributed by atoms with E-state index in [9.17, 15) is 9.59 Å². The number of amides is 1. The molecule has 5 heteroatoms. The zero-order valence-electron chi connectivity index (χ0n) is 11.8. The van der Waals surface area contributed by atoms with E-state index in [4.69, 9.17) is 16.3 Å². The summed E-state index contributed by atoms with van der Waals surface area (Å²) >= 11 is 5.83. The summed E-state index contributed by atoms with van der Waals surface area (Å²) in [5, 5.41) is 3.03. The van der Waals surface area contributed by atoms with Gasteiger partial charge < -0.3 is 10.1 Å². The summed E-state index contributed by atoms with van der Waals surface area (Å²) in [6.45, 7) is 5.75. The van der Waals surface area contributed by atoms with Gasteiger partial charge in [-0.15, -0.1) is 0 Å². The van der Waals surface area contributed by atoms with E-state index in [1.54, 1.807) is 51.1 Å². The van der Waals surface area contributed by atoms with Crippen LogP contribution in [0.5, 0.6) is 0 Å². The van der Waals surface area contributed by atoms with Crippen molar-refractivity contribution < 1.29 is 14.3 Å². The van der Waals surface area contributed by atoms with Gasteiger partial charge in [0.2, 0.25) is 0 Å². The van der Waals surface area contributed by atoms with Crippen molar-refractivity contribution in [2.75, 3.05) is 6.54 Å². The maximum atomic E-state index is 11.4. The van der Waals surface area contributed by atoms with Crippen molar-refractivity contribution in [3.8, 4) is 0 Å². The quantitative estimate of drug-likeness (QED) is 0.862. The molecule has 1 aromatic carbocycles. The first-order valence-electron chi connectivity index (χ1n) is 6.20. The first kappa shape index (κ1) is 16.2. The molecule has 0 aliphatic carbocycles. The van der Waals surface area contributed by atoms with Gasteiger partial charge >= 0.3 is 6.09 Å². The fourth-order valence-corrected chi connectivity index (χ4v) is 1.57. The minimum Gasteiger partial charge on any atom is -0.444 e. The predicted octanol–water partition coefficient (Wildman–Crippen LogP) is 3.69. The molecule has 1 rings (SSSR count). The second-order valence-corrected chi connectivity index (χ2v) is 5.59. The molecule has 0 heterocycles. The number of halogens is 1. The van der Waals surface area contributed by atoms with Gasteiger partial charge in [-0.1, -0.05) is 29.8 Å². The number of rotatable bonds is 4. The number of benzene rings is 1. The molecule has 0 saturated heterocycles. The van der Waals surface area contributed by atoms with Gasteiger partial charge in [-0.25, -0.2) is 4.79 Å². The first-order chi connectivity index (χ1) is 9.31. The van der Waals surface area contributed by atoms with Gasteiger partial charge in [0.05, 0.1) is 5.02 Å². The molecule has 0 radical (unpaired) electrons. The van der Waals surface area contributed by atoms with Crippen molar-refractivity contribution in [2.24, 2.45) is 0 Å². The average molecular weight is 296 g/mol. The van der Waals surface area contributed by atoms with Crippen molar-refractivity contribution in [2.45, 2.75) is 26.4 Å². The third-order valence-electron chi connectivity index (χ3n) is 2.22. The topological polar surface area (TPSA) is 55.4 Å². The molecule has 0 aliphatic rings. The lowest BCUT2D eigenvalue weighted by atomic mass is 10.1. The number of ether oxygens (including phenoxy) is 1. The van der Waals surface area contributed by atoms with Crippen LogP contribution in [0.4, 0.5) is 4.79 Å². The Morgan fingerprint density at radius 2 is 2.10 bits per heavy atom. The highest BCUT2D eigenvalue weighted by atomic mass is 35.5. The Bertz CT molecular complexity index is 518. The number of aldehydes is 1. The monoisotopic (exact) mass is 295 g/mol. The Kier molecular flexibility index (Phi) is 5.77. The van der Waals surface area contributed by atoms with E-state index in [1.807, 2.05) is 0 Å². The van der Waals surface area contributed by atoms with Gasteiger partial charge in [0, 0.05) is 12.1 Å². The van der Waals surface area contributed by atoms with Crippen molar-refractivity contribution in [1.82, 2.24) is 5.32 Å². The fourth-order valence-electron chi connectivity index (χ4n) is 1.41. The lowest BCUT2D eigenvalue weighted by molar-refractivity contribution is 0.0534. The summed E-state index contributed by atoms with van der Waals surface area (Å²) < 4.78 is 5.09. The van der Waals surface area contributed by atoms with Gasteiger partial charge in [0.1, 0.15) is 5.60 Å². The fraction of sp³-hybridized carbons (Fsp3) is 0.333. The van der Waals surface area contributed by atoms with Crippen LogP contribution in [-0.4, -0.2) is 24.5 Å². The summed E-state index contributed by atoms with van der Waals surface area (Å²) in [6.07, 6.45) is 3.80. The maximum absolute atomic E-state index is 11.4. The molecule has 0 spiro atoms. The van der Waals surface area contributed by atoms with Crippen LogP contribution in [0.2, 0.25) is 5.02 Å². The molecule has 1 N–H and O–H groups in total. The molecule has 0 atom stereocenters. The Labute approximate surface area is 123 Å². The summed E-state index contributed by atoms with van der Waals surface area (Å²) in [5.41, 5.74) is 0.763. The summed E-state index contributed by atoms with van der Waals surface area (Å²) in [6, 6.07) is 5.13. The van der Waals surface area contributed by atoms with E-state index < -0.39 is 11.7 Å². The van der Waals surface area contributed by atoms with E-state index >= 15 is 0 Å². The Morgan fingerprint density at radius 3 is 2.70 bits per heavy atom. The second kappa shape index (κ2) is 7.10. The Morgan fingerprint density at radius 1 is 1.40 bits per heavy atom. The summed E-state index contributed by atoms with van der Waals surface area (Å²) in [4.78, 5) is 22.1. The van der Waals surface area contributed by atoms with Crippen LogP contribution < -0.4 is 5.32 Å². The summed E-state index contributed by atoms with van der Waals surface area (Å²) in [7, 11) is 0. The molecule has 0 aromatic heterocycles. The van der Waals surface area contributed by atoms with Crippen molar-refractivity contribution in [3.63, 3.8) is 0 Å². The predicted molar refractivity (Wildman–Crippen MR) is 80.1 cm³/mol. The molecular weight excluding hydrogens is 278 g/mol. The average Bonchev–Trinajstić information content (AvgIpc) is 2.34. The SMILES string of the molecule is CC(C)(C)OC(=O)NCC=Cc1ccc(Cl)c(C=O)c1. The molecule has 0 unspecified atom stereocenters. The van der Waals surface area contributed by atoms with E-state index in [1.165, 1.54) is 0 Å². The van der Waals surface area contributed by atoms with Crippen LogP contribution in [0, 0.1) is 0 Å². The molecule has 1 aromatic rings. The number of alkyl carbamates (subject to hydrolysis) is 1. The molecule has 1 amide bonds. The van der Waals surface area contributed by atoms with Crippen LogP contribution in [-0.2, 0) is 4.74 Å². The maximum Gasteiger partial charge on any atom is 0.407 e. The van der Waals surface area contributed by atoms with Gasteiger partial charge in [0.25, 0.3) is 0 Å². The lowest BCUT2D eigenvalue weighted by Crippen LogP contribution is -2.32. The number of nitrogens with one attached hydrogen (secondary N) is 1. The normalized spacial score (nSPS) is 11.4. The highest BCUT2D eigenvalue weighted by Gasteiger charge is 2.14. The molecule has 0 aliphatic heterocycles. The van der Waals surface area contributed by atoms with Crippen molar-refractivity contribution in [3.05, 3.63) is 40.4 Å². The van der Waals surface area contributed by atoms with Gasteiger partial charge in [-0.3, -0.25) is 4.79 Å². The van der Waals surface area contributed by atoms with E-state index in [-0.39, 0.29) is 0 Å². The standard InChI is InChI=1S/C15H18ClNO3/c1-15(2,3)20-14(19)17-8-4-5-11-6-7-13(16)12(9-11)10-18/h4-7,9-10H,8H2,1-3H3,(H,17,19). The molecular formula is C15H18ClNO3. The number of carbonyl (C=O) groups excluding carboxylic acids is 2. The highest BCUT2D eigenvalue weighted by molar-refractivity contribution is 6.33. The Balaban J connectivity index is 2.49. The minimum atomic E-state index is -0.511. The zero-order valence-corrected chi connectivity index (χ0v) is 12.5. The lowest BCUT2D eigenvalue weighted by Gasteiger charge is -2.19. The van der Waals surface area contributed by atoms with Gasteiger partial charge in [-0.05, 0) is 38.5 Å². The molecule has 0 bridgehead atoms. The van der Waals surface area contributed by atoms with Crippen LogP contribution in [0.25, 0.3) is 6.08 Å². The highest BCUT2D eigenvalue weighted by Crippen LogP contribution is 2.16. The van der Waals surface area contributed by atoms with Gasteiger partial charge in [-0.2, -0.15) is 0 Å². The van der Waals surface area contributed by atoms with E-state index in [0.29, 0.717) is 23.4 Å². The second-order valence-electron chi connectivity index (χ2n) is 5.18. The van der Waals surface area contributed by atoms with Crippen LogP contribution >= 0.6 is 11.6 Å². The number of hydrogen-bond acceptors (Lipinski definition) is 3. The molecule has 4 nitrogen and oxygen atoms in total. The van der Waals surface area contributed by atoms with Crippen molar-refractivity contribution in [1.29, 1.82) is 0 Å². The molecule has 20 heavy (non-hydrogen) atoms. The number of carbonyl (C=O) groups is 2. The third-order valence-corrected chi connectivity index (χ3v) is 2.56. The van der Waals surface area contributed by atoms with E-state index in [2.05, 4.69) is 5.32 Å². The smallest absolute Gasteiger partial charge is 0.407 e. The first-order valence-corrected chi connectivity index (χ1v) is 6.58. The van der Waals surface area contributed by atoms with Crippen LogP contribution in [0.1, 0.15) is 36.7 Å². The summed E-state index contributed by atoms with van der Waals surface area (Å²) in [5.74, 6) is 0. The molecule has 108 valence electrons. The largest absolute Gasteiger partial charge is 0.444 e. The molecule has 0 fully saturated rings.